The fourth-order valence-electron chi connectivity index (χ4n) is 2.95. The van der Waals surface area contributed by atoms with Crippen molar-refractivity contribution in [2.75, 3.05) is 18.4 Å². The molecule has 1 aromatic carbocycles. The van der Waals surface area contributed by atoms with E-state index in [0.717, 1.165) is 0 Å². The summed E-state index contributed by atoms with van der Waals surface area (Å²) in [7, 11) is 0. The largest absolute Gasteiger partial charge is 0.444 e. The van der Waals surface area contributed by atoms with Crippen LogP contribution in [0.4, 0.5) is 10.7 Å². The summed E-state index contributed by atoms with van der Waals surface area (Å²) >= 11 is 6.16. The van der Waals surface area contributed by atoms with E-state index >= 15 is 0 Å². The number of ether oxygens (including phenoxy) is 1. The molecule has 0 atom stereocenters. The SMILES string of the molecule is CC(C)(C)OC(=O)N1CCC(C(=O)Nc2n[nH]c(-c3ccccc3Cl)n2)CC1. The molecule has 0 radical (unpaired) electrons. The molecule has 0 unspecified atom stereocenters. The maximum atomic E-state index is 12.5. The minimum Gasteiger partial charge on any atom is -0.444 e. The Balaban J connectivity index is 1.54. The van der Waals surface area contributed by atoms with Gasteiger partial charge in [0.1, 0.15) is 5.60 Å². The van der Waals surface area contributed by atoms with Gasteiger partial charge < -0.3 is 9.64 Å². The van der Waals surface area contributed by atoms with E-state index in [0.29, 0.717) is 42.3 Å². The van der Waals surface area contributed by atoms with Crippen LogP contribution in [0.15, 0.2) is 24.3 Å². The van der Waals surface area contributed by atoms with Gasteiger partial charge in [0, 0.05) is 24.6 Å². The standard InChI is InChI=1S/C19H24ClN5O3/c1-19(2,3)28-18(27)25-10-8-12(9-11-25)16(26)22-17-21-15(23-24-17)13-6-4-5-7-14(13)20/h4-7,12H,8-11H2,1-3H3,(H2,21,22,23,24,26). The lowest BCUT2D eigenvalue weighted by Crippen LogP contribution is -2.43. The molecule has 3 rings (SSSR count). The number of aromatic nitrogens is 3. The van der Waals surface area contributed by atoms with Gasteiger partial charge in [0.05, 0.1) is 5.02 Å². The second-order valence-corrected chi connectivity index (χ2v) is 8.13. The van der Waals surface area contributed by atoms with E-state index in [-0.39, 0.29) is 23.9 Å². The van der Waals surface area contributed by atoms with E-state index in [1.165, 1.54) is 0 Å². The summed E-state index contributed by atoms with van der Waals surface area (Å²) in [6.07, 6.45) is 0.782. The van der Waals surface area contributed by atoms with Crippen molar-refractivity contribution in [2.24, 2.45) is 5.92 Å². The summed E-state index contributed by atoms with van der Waals surface area (Å²) in [5, 5.41) is 10.1. The van der Waals surface area contributed by atoms with E-state index in [9.17, 15) is 9.59 Å². The molecule has 0 aliphatic carbocycles. The molecule has 1 saturated heterocycles. The molecule has 2 amide bonds. The Bertz CT molecular complexity index is 853. The molecular weight excluding hydrogens is 382 g/mol. The number of amides is 2. The number of aromatic amines is 1. The number of anilines is 1. The first-order chi connectivity index (χ1) is 13.2. The molecule has 8 nitrogen and oxygen atoms in total. The van der Waals surface area contributed by atoms with E-state index in [2.05, 4.69) is 20.5 Å². The van der Waals surface area contributed by atoms with Crippen LogP contribution in [-0.4, -0.2) is 50.8 Å². The molecule has 0 saturated carbocycles. The van der Waals surface area contributed by atoms with Gasteiger partial charge in [0.2, 0.25) is 11.9 Å². The molecule has 9 heteroatoms. The molecule has 28 heavy (non-hydrogen) atoms. The van der Waals surface area contributed by atoms with Crippen molar-refractivity contribution in [2.45, 2.75) is 39.2 Å². The minimum atomic E-state index is -0.531. The van der Waals surface area contributed by atoms with Gasteiger partial charge in [-0.05, 0) is 45.7 Å². The predicted molar refractivity (Wildman–Crippen MR) is 106 cm³/mol. The number of nitrogens with zero attached hydrogens (tertiary/aromatic N) is 3. The highest BCUT2D eigenvalue weighted by molar-refractivity contribution is 6.33. The summed E-state index contributed by atoms with van der Waals surface area (Å²) in [6.45, 7) is 6.45. The number of nitrogens with one attached hydrogen (secondary N) is 2. The Morgan fingerprint density at radius 2 is 1.93 bits per heavy atom. The van der Waals surface area contributed by atoms with E-state index in [1.807, 2.05) is 39.0 Å². The van der Waals surface area contributed by atoms with E-state index in [4.69, 9.17) is 16.3 Å². The Hall–Kier alpha value is -2.61. The lowest BCUT2D eigenvalue weighted by Gasteiger charge is -2.32. The first-order valence-corrected chi connectivity index (χ1v) is 9.57. The van der Waals surface area contributed by atoms with Crippen molar-refractivity contribution in [3.63, 3.8) is 0 Å². The fraction of sp³-hybridized carbons (Fsp3) is 0.474. The average molecular weight is 406 g/mol. The number of carbonyl (C=O) groups excluding carboxylic acids is 2. The van der Waals surface area contributed by atoms with Crippen LogP contribution < -0.4 is 5.32 Å². The zero-order valence-corrected chi connectivity index (χ0v) is 16.9. The van der Waals surface area contributed by atoms with Crippen LogP contribution >= 0.6 is 11.6 Å². The topological polar surface area (TPSA) is 100 Å². The van der Waals surface area contributed by atoms with E-state index < -0.39 is 5.60 Å². The van der Waals surface area contributed by atoms with Crippen LogP contribution in [0.5, 0.6) is 0 Å². The number of piperidine rings is 1. The average Bonchev–Trinajstić information content (AvgIpc) is 3.09. The van der Waals surface area contributed by atoms with Gasteiger partial charge in [-0.15, -0.1) is 5.10 Å². The van der Waals surface area contributed by atoms with Crippen LogP contribution in [0.3, 0.4) is 0 Å². The van der Waals surface area contributed by atoms with Crippen LogP contribution in [0.25, 0.3) is 11.4 Å². The molecule has 1 fully saturated rings. The van der Waals surface area contributed by atoms with Crippen molar-refractivity contribution in [3.8, 4) is 11.4 Å². The Morgan fingerprint density at radius 1 is 1.25 bits per heavy atom. The molecule has 0 spiro atoms. The Labute approximate surface area is 168 Å². The number of H-pyrrole nitrogens is 1. The van der Waals surface area contributed by atoms with Gasteiger partial charge in [0.25, 0.3) is 0 Å². The van der Waals surface area contributed by atoms with Crippen molar-refractivity contribution in [1.82, 2.24) is 20.1 Å². The molecule has 2 heterocycles. The molecule has 150 valence electrons. The zero-order valence-electron chi connectivity index (χ0n) is 16.2. The number of halogens is 1. The van der Waals surface area contributed by atoms with Gasteiger partial charge >= 0.3 is 6.09 Å². The first kappa shape index (κ1) is 20.1. The highest BCUT2D eigenvalue weighted by Gasteiger charge is 2.30. The molecular formula is C19H24ClN5O3. The third-order valence-electron chi connectivity index (χ3n) is 4.37. The van der Waals surface area contributed by atoms with Crippen LogP contribution in [-0.2, 0) is 9.53 Å². The second kappa shape index (κ2) is 8.18. The highest BCUT2D eigenvalue weighted by Crippen LogP contribution is 2.25. The maximum absolute atomic E-state index is 12.5. The molecule has 1 aliphatic heterocycles. The molecule has 2 N–H and O–H groups in total. The minimum absolute atomic E-state index is 0.159. The summed E-state index contributed by atoms with van der Waals surface area (Å²) in [5.74, 6) is 0.324. The lowest BCUT2D eigenvalue weighted by molar-refractivity contribution is -0.121. The summed E-state index contributed by atoms with van der Waals surface area (Å²) in [5.41, 5.74) is 0.179. The van der Waals surface area contributed by atoms with Crippen molar-refractivity contribution < 1.29 is 14.3 Å². The summed E-state index contributed by atoms with van der Waals surface area (Å²) in [6, 6.07) is 7.26. The summed E-state index contributed by atoms with van der Waals surface area (Å²) < 4.78 is 5.37. The van der Waals surface area contributed by atoms with Gasteiger partial charge in [-0.3, -0.25) is 15.2 Å². The molecule has 1 aliphatic rings. The number of hydrogen-bond donors (Lipinski definition) is 2. The number of likely N-dealkylation sites (tertiary alicyclic amines) is 1. The second-order valence-electron chi connectivity index (χ2n) is 7.72. The number of hydrogen-bond acceptors (Lipinski definition) is 5. The van der Waals surface area contributed by atoms with Crippen molar-refractivity contribution >= 4 is 29.5 Å². The van der Waals surface area contributed by atoms with Crippen LogP contribution in [0.2, 0.25) is 5.02 Å². The molecule has 1 aromatic heterocycles. The normalized spacial score (nSPS) is 15.4. The molecule has 2 aromatic rings. The van der Waals surface area contributed by atoms with Gasteiger partial charge in [-0.2, -0.15) is 4.98 Å². The third kappa shape index (κ3) is 5.01. The van der Waals surface area contributed by atoms with E-state index in [1.54, 1.807) is 11.0 Å². The smallest absolute Gasteiger partial charge is 0.410 e. The Kier molecular flexibility index (Phi) is 5.88. The van der Waals surface area contributed by atoms with Gasteiger partial charge in [-0.25, -0.2) is 4.79 Å². The number of rotatable bonds is 3. The zero-order chi connectivity index (χ0) is 20.3. The summed E-state index contributed by atoms with van der Waals surface area (Å²) in [4.78, 5) is 30.6. The molecule has 0 bridgehead atoms. The van der Waals surface area contributed by atoms with Crippen molar-refractivity contribution in [3.05, 3.63) is 29.3 Å². The van der Waals surface area contributed by atoms with Crippen LogP contribution in [0.1, 0.15) is 33.6 Å². The maximum Gasteiger partial charge on any atom is 0.410 e. The number of benzene rings is 1. The highest BCUT2D eigenvalue weighted by atomic mass is 35.5. The predicted octanol–water partition coefficient (Wildman–Crippen LogP) is 3.71. The fourth-order valence-corrected chi connectivity index (χ4v) is 3.18. The van der Waals surface area contributed by atoms with Gasteiger partial charge in [0.15, 0.2) is 5.82 Å². The van der Waals surface area contributed by atoms with Crippen molar-refractivity contribution in [1.29, 1.82) is 0 Å². The van der Waals surface area contributed by atoms with Crippen LogP contribution in [0, 0.1) is 5.92 Å². The third-order valence-corrected chi connectivity index (χ3v) is 4.70. The van der Waals surface area contributed by atoms with Gasteiger partial charge in [-0.1, -0.05) is 23.7 Å². The monoisotopic (exact) mass is 405 g/mol. The number of carbonyl (C=O) groups is 2. The first-order valence-electron chi connectivity index (χ1n) is 9.19. The lowest BCUT2D eigenvalue weighted by atomic mass is 9.96. The Morgan fingerprint density at radius 3 is 2.57 bits per heavy atom. The quantitative estimate of drug-likeness (QED) is 0.810.